The molecule has 0 bridgehead atoms. The van der Waals surface area contributed by atoms with Crippen molar-refractivity contribution in [2.75, 3.05) is 19.0 Å². The number of pyridine rings is 1. The number of carbonyl (C=O) groups excluding carboxylic acids is 1. The van der Waals surface area contributed by atoms with Crippen LogP contribution in [0.25, 0.3) is 10.9 Å². The number of benzene rings is 1. The monoisotopic (exact) mass is 302 g/mol. The topological polar surface area (TPSA) is 60.5 Å². The number of anilines is 1. The van der Waals surface area contributed by atoms with Crippen molar-refractivity contribution in [3.05, 3.63) is 30.0 Å². The predicted octanol–water partition coefficient (Wildman–Crippen LogP) is 3.63. The summed E-state index contributed by atoms with van der Waals surface area (Å²) in [6, 6.07) is 5.90. The van der Waals surface area contributed by atoms with Crippen molar-refractivity contribution in [3.8, 4) is 5.75 Å². The SMILES string of the molecule is CCOC(=O)c1cnc2c(OC)cccc2c1NC(C)CC. The molecule has 2 rings (SSSR count). The molecule has 1 unspecified atom stereocenters. The number of hydrogen-bond donors (Lipinski definition) is 1. The van der Waals surface area contributed by atoms with Gasteiger partial charge in [-0.3, -0.25) is 4.98 Å². The fourth-order valence-electron chi connectivity index (χ4n) is 2.23. The van der Waals surface area contributed by atoms with Crippen LogP contribution in [0.15, 0.2) is 24.4 Å². The molecule has 0 fully saturated rings. The van der Waals surface area contributed by atoms with Crippen molar-refractivity contribution in [2.24, 2.45) is 0 Å². The van der Waals surface area contributed by atoms with E-state index in [2.05, 4.69) is 24.1 Å². The summed E-state index contributed by atoms with van der Waals surface area (Å²) in [6.07, 6.45) is 2.49. The minimum atomic E-state index is -0.370. The van der Waals surface area contributed by atoms with E-state index < -0.39 is 0 Å². The summed E-state index contributed by atoms with van der Waals surface area (Å²) >= 11 is 0. The van der Waals surface area contributed by atoms with Crippen LogP contribution in [0, 0.1) is 0 Å². The second-order valence-corrected chi connectivity index (χ2v) is 5.08. The normalized spacial score (nSPS) is 12.0. The number of nitrogens with one attached hydrogen (secondary N) is 1. The quantitative estimate of drug-likeness (QED) is 0.826. The lowest BCUT2D eigenvalue weighted by Crippen LogP contribution is -2.18. The summed E-state index contributed by atoms with van der Waals surface area (Å²) in [6.45, 7) is 6.28. The van der Waals surface area contributed by atoms with E-state index >= 15 is 0 Å². The molecule has 2 aromatic rings. The highest BCUT2D eigenvalue weighted by atomic mass is 16.5. The average Bonchev–Trinajstić information content (AvgIpc) is 2.54. The number of aromatic nitrogens is 1. The third kappa shape index (κ3) is 3.13. The van der Waals surface area contributed by atoms with Crippen LogP contribution in [0.2, 0.25) is 0 Å². The van der Waals surface area contributed by atoms with Crippen LogP contribution in [0.1, 0.15) is 37.6 Å². The minimum absolute atomic E-state index is 0.227. The third-order valence-electron chi connectivity index (χ3n) is 3.58. The number of methoxy groups -OCH3 is 1. The maximum Gasteiger partial charge on any atom is 0.341 e. The van der Waals surface area contributed by atoms with Crippen LogP contribution in [0.4, 0.5) is 5.69 Å². The van der Waals surface area contributed by atoms with Crippen molar-refractivity contribution in [1.82, 2.24) is 4.98 Å². The first-order chi connectivity index (χ1) is 10.6. The van der Waals surface area contributed by atoms with Gasteiger partial charge in [0.25, 0.3) is 0 Å². The molecule has 1 aromatic carbocycles. The highest BCUT2D eigenvalue weighted by molar-refractivity contribution is 6.06. The van der Waals surface area contributed by atoms with E-state index in [0.29, 0.717) is 17.9 Å². The molecule has 0 saturated heterocycles. The predicted molar refractivity (Wildman–Crippen MR) is 87.6 cm³/mol. The summed E-state index contributed by atoms with van der Waals surface area (Å²) in [5.74, 6) is 0.311. The molecule has 0 spiro atoms. The first-order valence-corrected chi connectivity index (χ1v) is 7.51. The van der Waals surface area contributed by atoms with E-state index in [1.54, 1.807) is 20.2 Å². The van der Waals surface area contributed by atoms with Gasteiger partial charge in [-0.2, -0.15) is 0 Å². The number of ether oxygens (including phenoxy) is 2. The highest BCUT2D eigenvalue weighted by Gasteiger charge is 2.19. The second-order valence-electron chi connectivity index (χ2n) is 5.08. The van der Waals surface area contributed by atoms with Crippen molar-refractivity contribution >= 4 is 22.6 Å². The molecular weight excluding hydrogens is 280 g/mol. The van der Waals surface area contributed by atoms with Gasteiger partial charge in [-0.05, 0) is 26.3 Å². The van der Waals surface area contributed by atoms with Gasteiger partial charge in [0.2, 0.25) is 0 Å². The molecule has 1 N–H and O–H groups in total. The molecule has 118 valence electrons. The van der Waals surface area contributed by atoms with E-state index in [1.165, 1.54) is 0 Å². The average molecular weight is 302 g/mol. The van der Waals surface area contributed by atoms with Crippen molar-refractivity contribution in [1.29, 1.82) is 0 Å². The van der Waals surface area contributed by atoms with E-state index in [-0.39, 0.29) is 12.0 Å². The van der Waals surface area contributed by atoms with Gasteiger partial charge in [-0.15, -0.1) is 0 Å². The van der Waals surface area contributed by atoms with Gasteiger partial charge in [0.05, 0.1) is 19.4 Å². The zero-order valence-electron chi connectivity index (χ0n) is 13.5. The number of esters is 1. The van der Waals surface area contributed by atoms with Gasteiger partial charge < -0.3 is 14.8 Å². The molecule has 5 heteroatoms. The van der Waals surface area contributed by atoms with Gasteiger partial charge in [-0.25, -0.2) is 4.79 Å². The number of hydrogen-bond acceptors (Lipinski definition) is 5. The largest absolute Gasteiger partial charge is 0.494 e. The number of fused-ring (bicyclic) bond motifs is 1. The van der Waals surface area contributed by atoms with Crippen LogP contribution < -0.4 is 10.1 Å². The van der Waals surface area contributed by atoms with Gasteiger partial charge in [0.15, 0.2) is 0 Å². The molecule has 1 atom stereocenters. The van der Waals surface area contributed by atoms with Crippen molar-refractivity contribution < 1.29 is 14.3 Å². The number of rotatable bonds is 6. The van der Waals surface area contributed by atoms with Crippen molar-refractivity contribution in [3.63, 3.8) is 0 Å². The Morgan fingerprint density at radius 3 is 2.77 bits per heavy atom. The molecule has 1 aromatic heterocycles. The Labute approximate surface area is 130 Å². The lowest BCUT2D eigenvalue weighted by atomic mass is 10.1. The van der Waals surface area contributed by atoms with Gasteiger partial charge in [0.1, 0.15) is 16.8 Å². The van der Waals surface area contributed by atoms with Crippen molar-refractivity contribution in [2.45, 2.75) is 33.2 Å². The summed E-state index contributed by atoms with van der Waals surface area (Å²) in [5, 5.41) is 4.25. The van der Waals surface area contributed by atoms with Gasteiger partial charge in [0, 0.05) is 17.6 Å². The molecular formula is C17H22N2O3. The zero-order chi connectivity index (χ0) is 16.1. The maximum absolute atomic E-state index is 12.2. The number of carbonyl (C=O) groups is 1. The fraction of sp³-hybridized carbons (Fsp3) is 0.412. The molecule has 0 radical (unpaired) electrons. The Hall–Kier alpha value is -2.30. The third-order valence-corrected chi connectivity index (χ3v) is 3.58. The molecule has 0 aliphatic rings. The summed E-state index contributed by atoms with van der Waals surface area (Å²) < 4.78 is 10.5. The standard InChI is InChI=1S/C17H22N2O3/c1-5-11(3)19-15-12-8-7-9-14(21-4)16(12)18-10-13(15)17(20)22-6-2/h7-11H,5-6H2,1-4H3,(H,18,19). The Kier molecular flexibility index (Phi) is 5.20. The second kappa shape index (κ2) is 7.11. The Morgan fingerprint density at radius 2 is 2.14 bits per heavy atom. The minimum Gasteiger partial charge on any atom is -0.494 e. The molecule has 22 heavy (non-hydrogen) atoms. The molecule has 0 amide bonds. The molecule has 0 aliphatic heterocycles. The highest BCUT2D eigenvalue weighted by Crippen LogP contribution is 2.32. The Balaban J connectivity index is 2.64. The van der Waals surface area contributed by atoms with Crippen LogP contribution in [0.5, 0.6) is 5.75 Å². The molecule has 0 saturated carbocycles. The summed E-state index contributed by atoms with van der Waals surface area (Å²) in [4.78, 5) is 16.6. The Morgan fingerprint density at radius 1 is 1.36 bits per heavy atom. The van der Waals surface area contributed by atoms with Gasteiger partial charge >= 0.3 is 5.97 Å². The van der Waals surface area contributed by atoms with E-state index in [9.17, 15) is 4.79 Å². The fourth-order valence-corrected chi connectivity index (χ4v) is 2.23. The zero-order valence-corrected chi connectivity index (χ0v) is 13.5. The summed E-state index contributed by atoms with van der Waals surface area (Å²) in [5.41, 5.74) is 1.92. The lowest BCUT2D eigenvalue weighted by Gasteiger charge is -2.18. The first-order valence-electron chi connectivity index (χ1n) is 7.51. The van der Waals surface area contributed by atoms with Crippen LogP contribution in [0.3, 0.4) is 0 Å². The van der Waals surface area contributed by atoms with Crippen LogP contribution in [-0.4, -0.2) is 30.7 Å². The molecule has 1 heterocycles. The van der Waals surface area contributed by atoms with E-state index in [0.717, 1.165) is 23.0 Å². The number of para-hydroxylation sites is 1. The molecule has 5 nitrogen and oxygen atoms in total. The maximum atomic E-state index is 12.2. The van der Waals surface area contributed by atoms with Crippen LogP contribution >= 0.6 is 0 Å². The smallest absolute Gasteiger partial charge is 0.341 e. The number of nitrogens with zero attached hydrogens (tertiary/aromatic N) is 1. The first kappa shape index (κ1) is 16.1. The Bertz CT molecular complexity index is 670. The van der Waals surface area contributed by atoms with Gasteiger partial charge in [-0.1, -0.05) is 19.1 Å². The molecule has 0 aliphatic carbocycles. The van der Waals surface area contributed by atoms with E-state index in [1.807, 2.05) is 18.2 Å². The lowest BCUT2D eigenvalue weighted by molar-refractivity contribution is 0.0527. The van der Waals surface area contributed by atoms with E-state index in [4.69, 9.17) is 9.47 Å². The van der Waals surface area contributed by atoms with Crippen LogP contribution in [-0.2, 0) is 4.74 Å². The summed E-state index contributed by atoms with van der Waals surface area (Å²) in [7, 11) is 1.61.